The van der Waals surface area contributed by atoms with E-state index in [9.17, 15) is 14.4 Å². The third kappa shape index (κ3) is 5.10. The van der Waals surface area contributed by atoms with E-state index >= 15 is 0 Å². The summed E-state index contributed by atoms with van der Waals surface area (Å²) in [7, 11) is 1.55. The number of benzene rings is 3. The van der Waals surface area contributed by atoms with Crippen molar-refractivity contribution >= 4 is 5.97 Å². The molecule has 0 radical (unpaired) electrons. The number of allylic oxidation sites excluding steroid dienone is 1. The first kappa shape index (κ1) is 24.6. The van der Waals surface area contributed by atoms with Gasteiger partial charge >= 0.3 is 5.97 Å². The van der Waals surface area contributed by atoms with Crippen molar-refractivity contribution in [1.82, 2.24) is 0 Å². The summed E-state index contributed by atoms with van der Waals surface area (Å²) in [6.45, 7) is 4.64. The van der Waals surface area contributed by atoms with Gasteiger partial charge in [-0.05, 0) is 53.9 Å². The fourth-order valence-corrected chi connectivity index (χ4v) is 3.83. The van der Waals surface area contributed by atoms with Gasteiger partial charge in [0.05, 0.1) is 25.2 Å². The van der Waals surface area contributed by atoms with E-state index in [0.29, 0.717) is 35.3 Å². The van der Waals surface area contributed by atoms with Gasteiger partial charge in [0.25, 0.3) is 0 Å². The second kappa shape index (κ2) is 10.4. The second-order valence-electron chi connectivity index (χ2n) is 8.64. The molecule has 7 nitrogen and oxygen atoms in total. The number of nitrogens with two attached hydrogens (primary N) is 1. The molecule has 1 heterocycles. The maximum absolute atomic E-state index is 13.2. The average molecular weight is 489 g/mol. The van der Waals surface area contributed by atoms with E-state index in [2.05, 4.69) is 19.9 Å². The molecule has 8 heteroatoms. The van der Waals surface area contributed by atoms with Gasteiger partial charge in [-0.3, -0.25) is 0 Å². The van der Waals surface area contributed by atoms with Crippen molar-refractivity contribution < 1.29 is 28.1 Å². The number of rotatable bonds is 7. The monoisotopic (exact) mass is 488 g/mol. The number of fused-ring (bicyclic) bond motifs is 1. The highest BCUT2D eigenvalue weighted by Gasteiger charge is 2.32. The van der Waals surface area contributed by atoms with E-state index in [-0.39, 0.29) is 22.8 Å². The Labute approximate surface area is 208 Å². The zero-order chi connectivity index (χ0) is 25.8. The van der Waals surface area contributed by atoms with Crippen LogP contribution in [0.3, 0.4) is 0 Å². The molecule has 3 aromatic rings. The van der Waals surface area contributed by atoms with Crippen LogP contribution in [0, 0.1) is 23.1 Å². The van der Waals surface area contributed by atoms with Crippen LogP contribution < -0.4 is 24.7 Å². The lowest BCUT2D eigenvalue weighted by Gasteiger charge is -2.27. The van der Waals surface area contributed by atoms with Crippen LogP contribution in [0.1, 0.15) is 41.3 Å². The van der Waals surface area contributed by atoms with Crippen LogP contribution in [0.25, 0.3) is 0 Å². The molecule has 0 spiro atoms. The number of hydrogen-bond acceptors (Lipinski definition) is 7. The minimum atomic E-state index is -0.648. The largest absolute Gasteiger partial charge is 0.493 e. The predicted octanol–water partition coefficient (Wildman–Crippen LogP) is 5.31. The highest BCUT2D eigenvalue weighted by atomic mass is 19.1. The summed E-state index contributed by atoms with van der Waals surface area (Å²) in [5, 5.41) is 9.84. The van der Waals surface area contributed by atoms with E-state index < -0.39 is 17.7 Å². The molecule has 1 atom stereocenters. The van der Waals surface area contributed by atoms with Crippen molar-refractivity contribution in [1.29, 1.82) is 5.26 Å². The van der Waals surface area contributed by atoms with Gasteiger partial charge in [0.1, 0.15) is 29.0 Å². The minimum absolute atomic E-state index is 0.0453. The quantitative estimate of drug-likeness (QED) is 0.355. The molecule has 1 aliphatic heterocycles. The highest BCUT2D eigenvalue weighted by Crippen LogP contribution is 2.45. The zero-order valence-corrected chi connectivity index (χ0v) is 20.1. The highest BCUT2D eigenvalue weighted by molar-refractivity contribution is 5.91. The number of halogens is 1. The van der Waals surface area contributed by atoms with E-state index in [0.717, 1.165) is 5.56 Å². The smallest absolute Gasteiger partial charge is 0.343 e. The van der Waals surface area contributed by atoms with Crippen LogP contribution >= 0.6 is 0 Å². The van der Waals surface area contributed by atoms with Gasteiger partial charge < -0.3 is 24.7 Å². The Hall–Kier alpha value is -4.51. The van der Waals surface area contributed by atoms with Gasteiger partial charge in [0.15, 0.2) is 11.5 Å². The number of nitriles is 1. The summed E-state index contributed by atoms with van der Waals surface area (Å²) < 4.78 is 35.7. The Morgan fingerprint density at radius 2 is 1.86 bits per heavy atom. The molecule has 0 saturated carbocycles. The number of carbonyl (C=O) groups excluding carboxylic acids is 1. The summed E-state index contributed by atoms with van der Waals surface area (Å²) in [4.78, 5) is 12.5. The van der Waals surface area contributed by atoms with E-state index in [1.165, 1.54) is 30.3 Å². The van der Waals surface area contributed by atoms with Gasteiger partial charge in [-0.1, -0.05) is 26.0 Å². The van der Waals surface area contributed by atoms with Crippen molar-refractivity contribution in [2.24, 2.45) is 11.7 Å². The average Bonchev–Trinajstić information content (AvgIpc) is 2.86. The molecule has 4 rings (SSSR count). The fourth-order valence-electron chi connectivity index (χ4n) is 3.83. The molecule has 0 amide bonds. The van der Waals surface area contributed by atoms with Crippen LogP contribution in [-0.2, 0) is 0 Å². The first-order valence-corrected chi connectivity index (χ1v) is 11.3. The number of esters is 1. The number of hydrogen-bond donors (Lipinski definition) is 1. The fraction of sp³-hybridized carbons (Fsp3) is 0.214. The number of ether oxygens (including phenoxy) is 4. The SMILES string of the molecule is COc1cc(C2C(C#N)=C(N)Oc3cc(OC(=O)c4ccc(F)cc4)ccc32)ccc1OCC(C)C. The van der Waals surface area contributed by atoms with Gasteiger partial charge in [0.2, 0.25) is 5.88 Å². The topological polar surface area (TPSA) is 104 Å². The molecule has 0 fully saturated rings. The van der Waals surface area contributed by atoms with E-state index in [1.807, 2.05) is 12.1 Å². The molecule has 184 valence electrons. The molecule has 0 aromatic heterocycles. The first-order chi connectivity index (χ1) is 17.3. The van der Waals surface area contributed by atoms with Crippen molar-refractivity contribution in [3.05, 3.63) is 94.6 Å². The van der Waals surface area contributed by atoms with Crippen LogP contribution in [0.2, 0.25) is 0 Å². The number of carbonyl (C=O) groups is 1. The van der Waals surface area contributed by atoms with Crippen LogP contribution in [0.5, 0.6) is 23.0 Å². The molecule has 2 N–H and O–H groups in total. The minimum Gasteiger partial charge on any atom is -0.493 e. The molecule has 1 aliphatic rings. The molecule has 0 bridgehead atoms. The summed E-state index contributed by atoms with van der Waals surface area (Å²) in [5.74, 6) is 0.352. The summed E-state index contributed by atoms with van der Waals surface area (Å²) in [5.41, 5.74) is 7.97. The molecule has 0 saturated heterocycles. The molecule has 0 aliphatic carbocycles. The Kier molecular flexibility index (Phi) is 7.11. The third-order valence-corrected chi connectivity index (χ3v) is 5.57. The second-order valence-corrected chi connectivity index (χ2v) is 8.64. The number of methoxy groups -OCH3 is 1. The van der Waals surface area contributed by atoms with Crippen LogP contribution in [0.4, 0.5) is 4.39 Å². The normalized spacial score (nSPS) is 14.5. The molecule has 3 aromatic carbocycles. The third-order valence-electron chi connectivity index (χ3n) is 5.57. The lowest BCUT2D eigenvalue weighted by molar-refractivity contribution is 0.0734. The molecular weight excluding hydrogens is 463 g/mol. The number of nitrogens with zero attached hydrogens (tertiary/aromatic N) is 1. The van der Waals surface area contributed by atoms with Crippen molar-refractivity contribution in [2.45, 2.75) is 19.8 Å². The molecular formula is C28H25FN2O5. The molecule has 1 unspecified atom stereocenters. The molecule has 36 heavy (non-hydrogen) atoms. The van der Waals surface area contributed by atoms with Crippen molar-refractivity contribution in [3.8, 4) is 29.1 Å². The van der Waals surface area contributed by atoms with E-state index in [1.54, 1.807) is 25.3 Å². The van der Waals surface area contributed by atoms with E-state index in [4.69, 9.17) is 24.7 Å². The van der Waals surface area contributed by atoms with Crippen molar-refractivity contribution in [3.63, 3.8) is 0 Å². The summed E-state index contributed by atoms with van der Waals surface area (Å²) in [6, 6.07) is 17.5. The maximum Gasteiger partial charge on any atom is 0.343 e. The first-order valence-electron chi connectivity index (χ1n) is 11.3. The van der Waals surface area contributed by atoms with Crippen LogP contribution in [-0.4, -0.2) is 19.7 Å². The van der Waals surface area contributed by atoms with Crippen molar-refractivity contribution in [2.75, 3.05) is 13.7 Å². The Morgan fingerprint density at radius 1 is 1.11 bits per heavy atom. The zero-order valence-electron chi connectivity index (χ0n) is 20.1. The summed E-state index contributed by atoms with van der Waals surface area (Å²) in [6.07, 6.45) is 0. The van der Waals surface area contributed by atoms with Gasteiger partial charge in [-0.15, -0.1) is 0 Å². The van der Waals surface area contributed by atoms with Gasteiger partial charge in [-0.25, -0.2) is 9.18 Å². The summed E-state index contributed by atoms with van der Waals surface area (Å²) >= 11 is 0. The van der Waals surface area contributed by atoms with Crippen LogP contribution in [0.15, 0.2) is 72.1 Å². The Balaban J connectivity index is 1.67. The van der Waals surface area contributed by atoms with Gasteiger partial charge in [-0.2, -0.15) is 5.26 Å². The predicted molar refractivity (Wildman–Crippen MR) is 130 cm³/mol. The lowest BCUT2D eigenvalue weighted by Crippen LogP contribution is -2.21. The van der Waals surface area contributed by atoms with Gasteiger partial charge in [0, 0.05) is 11.6 Å². The standard InChI is InChI=1S/C28H25FN2O5/c1-16(2)15-34-23-11-6-18(12-25(23)33-3)26-21-10-9-20(13-24(21)36-27(31)22(26)14-30)35-28(32)17-4-7-19(29)8-5-17/h4-13,16,26H,15,31H2,1-3H3. The Bertz CT molecular complexity index is 1360. The maximum atomic E-state index is 13.2. The Morgan fingerprint density at radius 3 is 2.53 bits per heavy atom. The lowest BCUT2D eigenvalue weighted by atomic mass is 9.83.